The molecule has 1 N–H and O–H groups in total. The fraction of sp³-hybridized carbons (Fsp3) is 0.267. The predicted octanol–water partition coefficient (Wildman–Crippen LogP) is 3.51. The number of rotatable bonds is 5. The summed E-state index contributed by atoms with van der Waals surface area (Å²) in [7, 11) is 0. The number of pyridine rings is 1. The summed E-state index contributed by atoms with van der Waals surface area (Å²) in [6, 6.07) is 16.9. The van der Waals surface area contributed by atoms with E-state index in [-0.39, 0.29) is 0 Å². The van der Waals surface area contributed by atoms with Gasteiger partial charge in [0.2, 0.25) is 0 Å². The zero-order chi connectivity index (χ0) is 11.9. The zero-order valence-corrected chi connectivity index (χ0v) is 10.1. The van der Waals surface area contributed by atoms with Crippen LogP contribution >= 0.6 is 0 Å². The topological polar surface area (TPSA) is 24.9 Å². The summed E-state index contributed by atoms with van der Waals surface area (Å²) in [6.45, 7) is 2.19. The summed E-state index contributed by atoms with van der Waals surface area (Å²) in [5.74, 6) is 0.952. The van der Waals surface area contributed by atoms with Crippen molar-refractivity contribution in [3.8, 4) is 0 Å². The molecule has 1 atom stereocenters. The van der Waals surface area contributed by atoms with Crippen LogP contribution in [0.3, 0.4) is 0 Å². The summed E-state index contributed by atoms with van der Waals surface area (Å²) < 4.78 is 0. The average molecular weight is 226 g/mol. The molecule has 0 aliphatic carbocycles. The Kier molecular flexibility index (Phi) is 4.14. The lowest BCUT2D eigenvalue weighted by molar-refractivity contribution is 0.703. The summed E-state index contributed by atoms with van der Waals surface area (Å²) in [5.41, 5.74) is 1.39. The Morgan fingerprint density at radius 2 is 1.82 bits per heavy atom. The number of anilines is 1. The maximum Gasteiger partial charge on any atom is 0.126 e. The molecule has 0 unspecified atom stereocenters. The van der Waals surface area contributed by atoms with E-state index >= 15 is 0 Å². The van der Waals surface area contributed by atoms with E-state index in [9.17, 15) is 0 Å². The van der Waals surface area contributed by atoms with E-state index in [4.69, 9.17) is 0 Å². The summed E-state index contributed by atoms with van der Waals surface area (Å²) in [4.78, 5) is 4.26. The van der Waals surface area contributed by atoms with Crippen molar-refractivity contribution in [3.63, 3.8) is 0 Å². The molecule has 1 aromatic carbocycles. The first-order chi connectivity index (χ1) is 8.34. The summed E-state index contributed by atoms with van der Waals surface area (Å²) in [5, 5.41) is 3.40. The largest absolute Gasteiger partial charge is 0.368 e. The third-order valence-corrected chi connectivity index (χ3v) is 2.77. The molecule has 2 heteroatoms. The molecule has 17 heavy (non-hydrogen) atoms. The Morgan fingerprint density at radius 1 is 1.06 bits per heavy atom. The van der Waals surface area contributed by atoms with Crippen LogP contribution in [0.4, 0.5) is 5.82 Å². The van der Waals surface area contributed by atoms with Crippen LogP contribution in [-0.2, 0) is 6.42 Å². The van der Waals surface area contributed by atoms with Crippen LogP contribution in [0.5, 0.6) is 0 Å². The third-order valence-electron chi connectivity index (χ3n) is 2.77. The summed E-state index contributed by atoms with van der Waals surface area (Å²) in [6.07, 6.45) is 4.02. The van der Waals surface area contributed by atoms with E-state index in [1.165, 1.54) is 5.56 Å². The maximum atomic E-state index is 4.26. The minimum atomic E-state index is 0.435. The standard InChI is InChI=1S/C15H18N2/c1-13(17-15-9-5-6-12-16-15)10-11-14-7-3-2-4-8-14/h2-9,12-13H,10-11H2,1H3,(H,16,17)/t13-/m0/s1. The highest BCUT2D eigenvalue weighted by Crippen LogP contribution is 2.09. The normalized spacial score (nSPS) is 12.1. The lowest BCUT2D eigenvalue weighted by atomic mass is 10.1. The average Bonchev–Trinajstić information content (AvgIpc) is 2.39. The van der Waals surface area contributed by atoms with Gasteiger partial charge in [-0.1, -0.05) is 36.4 Å². The van der Waals surface area contributed by atoms with Crippen molar-refractivity contribution in [3.05, 3.63) is 60.3 Å². The Balaban J connectivity index is 1.80. The van der Waals surface area contributed by atoms with Gasteiger partial charge in [0.05, 0.1) is 0 Å². The van der Waals surface area contributed by atoms with Crippen LogP contribution in [0, 0.1) is 0 Å². The molecule has 2 nitrogen and oxygen atoms in total. The second-order valence-electron chi connectivity index (χ2n) is 4.28. The molecule has 88 valence electrons. The van der Waals surface area contributed by atoms with E-state index in [2.05, 4.69) is 47.6 Å². The molecule has 2 aromatic rings. The number of aryl methyl sites for hydroxylation is 1. The van der Waals surface area contributed by atoms with Crippen molar-refractivity contribution in [2.75, 3.05) is 5.32 Å². The van der Waals surface area contributed by atoms with Gasteiger partial charge in [0, 0.05) is 12.2 Å². The van der Waals surface area contributed by atoms with Crippen molar-refractivity contribution in [2.45, 2.75) is 25.8 Å². The van der Waals surface area contributed by atoms with Gasteiger partial charge in [0.25, 0.3) is 0 Å². The van der Waals surface area contributed by atoms with Crippen molar-refractivity contribution in [1.82, 2.24) is 4.98 Å². The molecule has 1 aromatic heterocycles. The SMILES string of the molecule is C[C@@H](CCc1ccccc1)Nc1ccccn1. The second kappa shape index (κ2) is 6.04. The molecule has 0 saturated carbocycles. The molecule has 0 aliphatic rings. The van der Waals surface area contributed by atoms with Gasteiger partial charge in [0.15, 0.2) is 0 Å². The van der Waals surface area contributed by atoms with Gasteiger partial charge in [-0.05, 0) is 37.5 Å². The smallest absolute Gasteiger partial charge is 0.126 e. The highest BCUT2D eigenvalue weighted by Gasteiger charge is 2.02. The van der Waals surface area contributed by atoms with Crippen molar-refractivity contribution < 1.29 is 0 Å². The van der Waals surface area contributed by atoms with Crippen molar-refractivity contribution in [1.29, 1.82) is 0 Å². The van der Waals surface area contributed by atoms with Gasteiger partial charge in [-0.15, -0.1) is 0 Å². The van der Waals surface area contributed by atoms with E-state index in [0.29, 0.717) is 6.04 Å². The molecule has 2 rings (SSSR count). The van der Waals surface area contributed by atoms with Gasteiger partial charge in [0.1, 0.15) is 5.82 Å². The molecular weight excluding hydrogens is 208 g/mol. The molecule has 0 amide bonds. The Hall–Kier alpha value is -1.83. The van der Waals surface area contributed by atoms with E-state index in [1.54, 1.807) is 0 Å². The van der Waals surface area contributed by atoms with Gasteiger partial charge in [-0.2, -0.15) is 0 Å². The highest BCUT2D eigenvalue weighted by molar-refractivity contribution is 5.34. The first-order valence-corrected chi connectivity index (χ1v) is 6.06. The van der Waals surface area contributed by atoms with E-state index in [0.717, 1.165) is 18.7 Å². The van der Waals surface area contributed by atoms with Gasteiger partial charge < -0.3 is 5.32 Å². The second-order valence-corrected chi connectivity index (χ2v) is 4.28. The Bertz CT molecular complexity index is 425. The molecule has 0 bridgehead atoms. The minimum Gasteiger partial charge on any atom is -0.368 e. The predicted molar refractivity (Wildman–Crippen MR) is 72.1 cm³/mol. The number of hydrogen-bond donors (Lipinski definition) is 1. The van der Waals surface area contributed by atoms with Crippen LogP contribution in [0.15, 0.2) is 54.7 Å². The molecule has 0 spiro atoms. The molecule has 0 saturated heterocycles. The number of nitrogens with one attached hydrogen (secondary N) is 1. The number of benzene rings is 1. The quantitative estimate of drug-likeness (QED) is 0.843. The van der Waals surface area contributed by atoms with Crippen LogP contribution in [0.25, 0.3) is 0 Å². The van der Waals surface area contributed by atoms with E-state index < -0.39 is 0 Å². The first kappa shape index (κ1) is 11.6. The van der Waals surface area contributed by atoms with Gasteiger partial charge in [-0.25, -0.2) is 4.98 Å². The molecule has 0 radical (unpaired) electrons. The third kappa shape index (κ3) is 3.91. The fourth-order valence-corrected chi connectivity index (χ4v) is 1.80. The van der Waals surface area contributed by atoms with Crippen molar-refractivity contribution >= 4 is 5.82 Å². The first-order valence-electron chi connectivity index (χ1n) is 6.06. The molecule has 0 aliphatic heterocycles. The van der Waals surface area contributed by atoms with Crippen LogP contribution in [0.1, 0.15) is 18.9 Å². The summed E-state index contributed by atoms with van der Waals surface area (Å²) >= 11 is 0. The number of aromatic nitrogens is 1. The Morgan fingerprint density at radius 3 is 2.53 bits per heavy atom. The number of hydrogen-bond acceptors (Lipinski definition) is 2. The molecule has 1 heterocycles. The maximum absolute atomic E-state index is 4.26. The van der Waals surface area contributed by atoms with Crippen LogP contribution in [0.2, 0.25) is 0 Å². The lowest BCUT2D eigenvalue weighted by Gasteiger charge is -2.14. The zero-order valence-electron chi connectivity index (χ0n) is 10.1. The van der Waals surface area contributed by atoms with Crippen molar-refractivity contribution in [2.24, 2.45) is 0 Å². The van der Waals surface area contributed by atoms with E-state index in [1.807, 2.05) is 24.4 Å². The molecule has 0 fully saturated rings. The van der Waals surface area contributed by atoms with Crippen LogP contribution < -0.4 is 5.32 Å². The molecular formula is C15H18N2. The fourth-order valence-electron chi connectivity index (χ4n) is 1.80. The number of nitrogens with zero attached hydrogens (tertiary/aromatic N) is 1. The van der Waals surface area contributed by atoms with Gasteiger partial charge in [-0.3, -0.25) is 0 Å². The minimum absolute atomic E-state index is 0.435. The lowest BCUT2D eigenvalue weighted by Crippen LogP contribution is -2.16. The Labute approximate surface area is 103 Å². The van der Waals surface area contributed by atoms with Gasteiger partial charge >= 0.3 is 0 Å². The van der Waals surface area contributed by atoms with Crippen LogP contribution in [-0.4, -0.2) is 11.0 Å². The monoisotopic (exact) mass is 226 g/mol. The highest BCUT2D eigenvalue weighted by atomic mass is 15.0.